The first kappa shape index (κ1) is 18.5. The second kappa shape index (κ2) is 7.50. The number of benzene rings is 2. The molecule has 2 aromatic carbocycles. The van der Waals surface area contributed by atoms with Crippen LogP contribution in [-0.2, 0) is 20.6 Å². The highest BCUT2D eigenvalue weighted by molar-refractivity contribution is 7.88. The molecule has 0 aliphatic carbocycles. The smallest absolute Gasteiger partial charge is 0.266 e. The van der Waals surface area contributed by atoms with Crippen LogP contribution in [0.5, 0.6) is 0 Å². The lowest BCUT2D eigenvalue weighted by molar-refractivity contribution is -0.131. The van der Waals surface area contributed by atoms with Gasteiger partial charge in [-0.05, 0) is 23.3 Å². The van der Waals surface area contributed by atoms with Crippen LogP contribution in [0.15, 0.2) is 53.9 Å². The van der Waals surface area contributed by atoms with Gasteiger partial charge in [-0.3, -0.25) is 10.0 Å². The Kier molecular flexibility index (Phi) is 5.33. The first-order chi connectivity index (χ1) is 12.4. The van der Waals surface area contributed by atoms with E-state index in [1.54, 1.807) is 42.5 Å². The number of nitrogens with one attached hydrogen (secondary N) is 2. The van der Waals surface area contributed by atoms with Crippen LogP contribution in [0, 0.1) is 5.82 Å². The molecular weight excluding hydrogens is 379 g/mol. The molecule has 1 aromatic heterocycles. The standard InChI is InChI=1S/C17H15FN2O4S2/c18-14-9-25-15-7-6-11(8-13(14)15)10-26(23,24)20-16(17(21)19-22)12-4-2-1-3-5-12/h1-9,16,20,22H,10H2,(H,19,21). The zero-order valence-corrected chi connectivity index (χ0v) is 15.0. The number of fused-ring (bicyclic) bond motifs is 1. The number of sulfonamides is 1. The SMILES string of the molecule is O=C(NO)C(NS(=O)(=O)Cc1ccc2scc(F)c2c1)c1ccccc1. The third-order valence-corrected chi connectivity index (χ3v) is 5.99. The molecule has 1 amide bonds. The van der Waals surface area contributed by atoms with Crippen LogP contribution in [0.25, 0.3) is 10.1 Å². The number of thiophene rings is 1. The molecule has 0 radical (unpaired) electrons. The van der Waals surface area contributed by atoms with Gasteiger partial charge in [0.1, 0.15) is 11.9 Å². The summed E-state index contributed by atoms with van der Waals surface area (Å²) in [6.07, 6.45) is 0. The Morgan fingerprint density at radius 1 is 1.19 bits per heavy atom. The summed E-state index contributed by atoms with van der Waals surface area (Å²) in [5.74, 6) is -1.74. The summed E-state index contributed by atoms with van der Waals surface area (Å²) in [6.45, 7) is 0. The van der Waals surface area contributed by atoms with E-state index >= 15 is 0 Å². The van der Waals surface area contributed by atoms with Gasteiger partial charge in [0.05, 0.1) is 5.75 Å². The summed E-state index contributed by atoms with van der Waals surface area (Å²) in [5, 5.41) is 10.6. The molecule has 0 bridgehead atoms. The topological polar surface area (TPSA) is 95.5 Å². The summed E-state index contributed by atoms with van der Waals surface area (Å²) >= 11 is 1.23. The van der Waals surface area contributed by atoms with Crippen molar-refractivity contribution in [2.45, 2.75) is 11.8 Å². The van der Waals surface area contributed by atoms with Crippen molar-refractivity contribution >= 4 is 37.4 Å². The lowest BCUT2D eigenvalue weighted by Gasteiger charge is -2.17. The van der Waals surface area contributed by atoms with Crippen molar-refractivity contribution in [3.8, 4) is 0 Å². The third kappa shape index (κ3) is 4.07. The Morgan fingerprint density at radius 3 is 2.62 bits per heavy atom. The van der Waals surface area contributed by atoms with Gasteiger partial charge in [-0.1, -0.05) is 36.4 Å². The molecule has 6 nitrogen and oxygen atoms in total. The fraction of sp³-hybridized carbons (Fsp3) is 0.118. The molecule has 0 aliphatic heterocycles. The zero-order chi connectivity index (χ0) is 18.7. The van der Waals surface area contributed by atoms with E-state index in [9.17, 15) is 17.6 Å². The highest BCUT2D eigenvalue weighted by Crippen LogP contribution is 2.26. The monoisotopic (exact) mass is 394 g/mol. The fourth-order valence-electron chi connectivity index (χ4n) is 2.56. The number of hydroxylamine groups is 1. The molecule has 26 heavy (non-hydrogen) atoms. The molecule has 136 valence electrons. The highest BCUT2D eigenvalue weighted by Gasteiger charge is 2.26. The van der Waals surface area contributed by atoms with Crippen LogP contribution in [0.2, 0.25) is 0 Å². The van der Waals surface area contributed by atoms with Crippen LogP contribution in [-0.4, -0.2) is 19.5 Å². The zero-order valence-electron chi connectivity index (χ0n) is 13.3. The van der Waals surface area contributed by atoms with Gasteiger partial charge in [-0.15, -0.1) is 11.3 Å². The maximum absolute atomic E-state index is 13.7. The molecule has 3 N–H and O–H groups in total. The Morgan fingerprint density at radius 2 is 1.92 bits per heavy atom. The highest BCUT2D eigenvalue weighted by atomic mass is 32.2. The van der Waals surface area contributed by atoms with Crippen LogP contribution in [0.4, 0.5) is 4.39 Å². The van der Waals surface area contributed by atoms with Crippen LogP contribution < -0.4 is 10.2 Å². The van der Waals surface area contributed by atoms with Crippen molar-refractivity contribution in [3.63, 3.8) is 0 Å². The van der Waals surface area contributed by atoms with Crippen molar-refractivity contribution in [3.05, 3.63) is 70.9 Å². The van der Waals surface area contributed by atoms with E-state index in [-0.39, 0.29) is 0 Å². The van der Waals surface area contributed by atoms with Gasteiger partial charge in [0.25, 0.3) is 5.91 Å². The van der Waals surface area contributed by atoms with Crippen molar-refractivity contribution < 1.29 is 22.8 Å². The minimum absolute atomic E-state index is 0.357. The van der Waals surface area contributed by atoms with Crippen molar-refractivity contribution in [2.24, 2.45) is 0 Å². The lowest BCUT2D eigenvalue weighted by atomic mass is 10.1. The van der Waals surface area contributed by atoms with Gasteiger partial charge < -0.3 is 0 Å². The van der Waals surface area contributed by atoms with Crippen LogP contribution >= 0.6 is 11.3 Å². The second-order valence-electron chi connectivity index (χ2n) is 5.61. The maximum Gasteiger partial charge on any atom is 0.266 e. The summed E-state index contributed by atoms with van der Waals surface area (Å²) in [7, 11) is -3.94. The van der Waals surface area contributed by atoms with Gasteiger partial charge in [-0.2, -0.15) is 4.72 Å². The number of carbonyl (C=O) groups is 1. The lowest BCUT2D eigenvalue weighted by Crippen LogP contribution is -2.39. The van der Waals surface area contributed by atoms with Crippen LogP contribution in [0.1, 0.15) is 17.2 Å². The van der Waals surface area contributed by atoms with Gasteiger partial charge in [0.15, 0.2) is 0 Å². The maximum atomic E-state index is 13.7. The summed E-state index contributed by atoms with van der Waals surface area (Å²) < 4.78 is 41.7. The minimum atomic E-state index is -3.94. The Labute approximate surface area is 153 Å². The number of amides is 1. The summed E-state index contributed by atoms with van der Waals surface area (Å²) in [6, 6.07) is 11.6. The number of hydrogen-bond acceptors (Lipinski definition) is 5. The van der Waals surface area contributed by atoms with Crippen LogP contribution in [0.3, 0.4) is 0 Å². The number of rotatable bonds is 6. The molecule has 1 unspecified atom stereocenters. The van der Waals surface area contributed by atoms with Crippen molar-refractivity contribution in [1.29, 1.82) is 0 Å². The molecule has 0 spiro atoms. The summed E-state index contributed by atoms with van der Waals surface area (Å²) in [5.41, 5.74) is 2.23. The number of carbonyl (C=O) groups excluding carboxylic acids is 1. The molecule has 1 heterocycles. The van der Waals surface area contributed by atoms with E-state index < -0.39 is 33.5 Å². The van der Waals surface area contributed by atoms with Gasteiger partial charge in [-0.25, -0.2) is 18.3 Å². The largest absolute Gasteiger partial charge is 0.289 e. The predicted octanol–water partition coefficient (Wildman–Crippen LogP) is 2.71. The third-order valence-electron chi connectivity index (χ3n) is 3.75. The Bertz CT molecular complexity index is 1040. The predicted molar refractivity (Wildman–Crippen MR) is 96.7 cm³/mol. The molecule has 1 atom stereocenters. The summed E-state index contributed by atoms with van der Waals surface area (Å²) in [4.78, 5) is 11.9. The van der Waals surface area contributed by atoms with E-state index in [0.29, 0.717) is 16.5 Å². The van der Waals surface area contributed by atoms with E-state index in [1.165, 1.54) is 28.3 Å². The van der Waals surface area contributed by atoms with Gasteiger partial charge >= 0.3 is 0 Å². The molecule has 3 rings (SSSR count). The van der Waals surface area contributed by atoms with E-state index in [1.807, 2.05) is 0 Å². The molecule has 3 aromatic rings. The van der Waals surface area contributed by atoms with E-state index in [4.69, 9.17) is 5.21 Å². The molecule has 0 saturated carbocycles. The van der Waals surface area contributed by atoms with Gasteiger partial charge in [0, 0.05) is 15.5 Å². The first-order valence-electron chi connectivity index (χ1n) is 7.54. The fourth-order valence-corrected chi connectivity index (χ4v) is 4.65. The average Bonchev–Trinajstić information content (AvgIpc) is 3.00. The molecule has 0 aliphatic rings. The molecule has 0 fully saturated rings. The second-order valence-corrected chi connectivity index (χ2v) is 8.28. The Hall–Kier alpha value is -2.33. The van der Waals surface area contributed by atoms with Crippen molar-refractivity contribution in [1.82, 2.24) is 10.2 Å². The molecular formula is C17H15FN2O4S2. The molecule has 0 saturated heterocycles. The van der Waals surface area contributed by atoms with Gasteiger partial charge in [0.2, 0.25) is 10.0 Å². The number of hydrogen-bond donors (Lipinski definition) is 3. The minimum Gasteiger partial charge on any atom is -0.289 e. The van der Waals surface area contributed by atoms with E-state index in [0.717, 1.165) is 4.70 Å². The Balaban J connectivity index is 1.85. The average molecular weight is 394 g/mol. The van der Waals surface area contributed by atoms with Crippen molar-refractivity contribution in [2.75, 3.05) is 0 Å². The molecule has 9 heteroatoms. The normalized spacial score (nSPS) is 12.8. The number of halogens is 1. The van der Waals surface area contributed by atoms with E-state index in [2.05, 4.69) is 4.72 Å². The quantitative estimate of drug-likeness (QED) is 0.442. The first-order valence-corrected chi connectivity index (χ1v) is 10.1.